The first-order valence-electron chi connectivity index (χ1n) is 6.38. The van der Waals surface area contributed by atoms with Gasteiger partial charge in [-0.1, -0.05) is 12.1 Å². The lowest BCUT2D eigenvalue weighted by atomic mass is 10.1. The van der Waals surface area contributed by atoms with Crippen molar-refractivity contribution < 1.29 is 9.13 Å². The second kappa shape index (κ2) is 7.21. The molecule has 0 fully saturated rings. The highest BCUT2D eigenvalue weighted by atomic mass is 79.9. The number of halogens is 2. The number of para-hydroxylation sites is 1. The van der Waals surface area contributed by atoms with Gasteiger partial charge in [0.15, 0.2) is 0 Å². The van der Waals surface area contributed by atoms with E-state index in [1.165, 1.54) is 12.1 Å². The molecule has 2 aromatic carbocycles. The molecule has 0 spiro atoms. The van der Waals surface area contributed by atoms with E-state index >= 15 is 0 Å². The van der Waals surface area contributed by atoms with Gasteiger partial charge >= 0.3 is 0 Å². The molecule has 0 radical (unpaired) electrons. The first-order chi connectivity index (χ1) is 10.1. The lowest BCUT2D eigenvalue weighted by Gasteiger charge is -2.13. The van der Waals surface area contributed by atoms with E-state index in [9.17, 15) is 4.39 Å². The minimum absolute atomic E-state index is 0.200. The molecule has 0 aliphatic heterocycles. The molecule has 0 unspecified atom stereocenters. The van der Waals surface area contributed by atoms with Crippen molar-refractivity contribution in [3.8, 4) is 11.8 Å². The van der Waals surface area contributed by atoms with E-state index in [1.807, 2.05) is 31.3 Å². The van der Waals surface area contributed by atoms with Crippen LogP contribution in [0.3, 0.4) is 0 Å². The second-order valence-corrected chi connectivity index (χ2v) is 5.36. The molecular weight excluding hydrogens is 335 g/mol. The predicted octanol–water partition coefficient (Wildman–Crippen LogP) is 3.76. The summed E-state index contributed by atoms with van der Waals surface area (Å²) in [4.78, 5) is 0. The normalized spacial score (nSPS) is 10.2. The van der Waals surface area contributed by atoms with Gasteiger partial charge < -0.3 is 10.1 Å². The van der Waals surface area contributed by atoms with Gasteiger partial charge in [-0.05, 0) is 52.8 Å². The Kier molecular flexibility index (Phi) is 5.32. The Hall–Kier alpha value is -1.90. The molecule has 0 saturated carbocycles. The van der Waals surface area contributed by atoms with Gasteiger partial charge in [0, 0.05) is 12.1 Å². The Morgan fingerprint density at radius 1 is 1.33 bits per heavy atom. The van der Waals surface area contributed by atoms with Crippen LogP contribution in [0.2, 0.25) is 0 Å². The predicted molar refractivity (Wildman–Crippen MR) is 82.4 cm³/mol. The summed E-state index contributed by atoms with van der Waals surface area (Å²) < 4.78 is 20.0. The van der Waals surface area contributed by atoms with Gasteiger partial charge in [0.2, 0.25) is 0 Å². The third-order valence-electron chi connectivity index (χ3n) is 2.89. The minimum atomic E-state index is -0.435. The summed E-state index contributed by atoms with van der Waals surface area (Å²) in [6.07, 6.45) is 0. The van der Waals surface area contributed by atoms with Crippen LogP contribution in [0.1, 0.15) is 16.7 Å². The zero-order valence-corrected chi connectivity index (χ0v) is 13.1. The Balaban J connectivity index is 2.20. The Morgan fingerprint density at radius 3 is 2.86 bits per heavy atom. The van der Waals surface area contributed by atoms with Crippen molar-refractivity contribution in [1.29, 1.82) is 5.26 Å². The molecule has 0 atom stereocenters. The van der Waals surface area contributed by atoms with Crippen LogP contribution in [0, 0.1) is 17.1 Å². The fourth-order valence-electron chi connectivity index (χ4n) is 2.00. The molecule has 0 amide bonds. The SMILES string of the molecule is CNCc1cccc(Br)c1OCc1cc(F)cc(C#N)c1. The van der Waals surface area contributed by atoms with Crippen LogP contribution in [-0.4, -0.2) is 7.05 Å². The van der Waals surface area contributed by atoms with Gasteiger partial charge in [-0.25, -0.2) is 4.39 Å². The zero-order valence-electron chi connectivity index (χ0n) is 11.5. The quantitative estimate of drug-likeness (QED) is 0.894. The molecule has 3 nitrogen and oxygen atoms in total. The minimum Gasteiger partial charge on any atom is -0.487 e. The summed E-state index contributed by atoms with van der Waals surface area (Å²) in [6.45, 7) is 0.868. The number of nitriles is 1. The third kappa shape index (κ3) is 4.03. The highest BCUT2D eigenvalue weighted by molar-refractivity contribution is 9.10. The molecule has 2 aromatic rings. The first-order valence-corrected chi connectivity index (χ1v) is 7.17. The number of ether oxygens (including phenoxy) is 1. The van der Waals surface area contributed by atoms with E-state index in [1.54, 1.807) is 6.07 Å². The van der Waals surface area contributed by atoms with Crippen molar-refractivity contribution >= 4 is 15.9 Å². The maximum Gasteiger partial charge on any atom is 0.138 e. The smallest absolute Gasteiger partial charge is 0.138 e. The summed E-state index contributed by atoms with van der Waals surface area (Å²) in [5, 5.41) is 11.9. The molecule has 5 heteroatoms. The van der Waals surface area contributed by atoms with Gasteiger partial charge in [0.1, 0.15) is 18.2 Å². The van der Waals surface area contributed by atoms with Crippen molar-refractivity contribution in [3.63, 3.8) is 0 Å². The molecule has 0 heterocycles. The van der Waals surface area contributed by atoms with E-state index in [0.717, 1.165) is 15.8 Å². The van der Waals surface area contributed by atoms with Crippen molar-refractivity contribution in [2.45, 2.75) is 13.2 Å². The topological polar surface area (TPSA) is 45.0 Å². The van der Waals surface area contributed by atoms with Crippen molar-refractivity contribution in [3.05, 3.63) is 63.4 Å². The summed E-state index contributed by atoms with van der Waals surface area (Å²) in [7, 11) is 1.86. The number of nitrogens with zero attached hydrogens (tertiary/aromatic N) is 1. The van der Waals surface area contributed by atoms with Gasteiger partial charge in [-0.3, -0.25) is 0 Å². The van der Waals surface area contributed by atoms with E-state index < -0.39 is 5.82 Å². The maximum atomic E-state index is 13.4. The molecule has 0 aliphatic rings. The van der Waals surface area contributed by atoms with Crippen molar-refractivity contribution in [2.75, 3.05) is 7.05 Å². The van der Waals surface area contributed by atoms with Crippen molar-refractivity contribution in [1.82, 2.24) is 5.32 Å². The van der Waals surface area contributed by atoms with Crippen LogP contribution < -0.4 is 10.1 Å². The summed E-state index contributed by atoms with van der Waals surface area (Å²) in [6, 6.07) is 11.9. The third-order valence-corrected chi connectivity index (χ3v) is 3.51. The van der Waals surface area contributed by atoms with Gasteiger partial charge in [0.05, 0.1) is 16.1 Å². The molecule has 21 heavy (non-hydrogen) atoms. The van der Waals surface area contributed by atoms with E-state index in [-0.39, 0.29) is 12.2 Å². The number of benzene rings is 2. The molecule has 1 N–H and O–H groups in total. The lowest BCUT2D eigenvalue weighted by Crippen LogP contribution is -2.08. The molecular formula is C16H14BrFN2O. The largest absolute Gasteiger partial charge is 0.487 e. The highest BCUT2D eigenvalue weighted by Crippen LogP contribution is 2.30. The second-order valence-electron chi connectivity index (χ2n) is 4.51. The maximum absolute atomic E-state index is 13.4. The summed E-state index contributed by atoms with van der Waals surface area (Å²) in [5.41, 5.74) is 1.91. The number of hydrogen-bond donors (Lipinski definition) is 1. The summed E-state index contributed by atoms with van der Waals surface area (Å²) in [5.74, 6) is 0.282. The van der Waals surface area contributed by atoms with Crippen LogP contribution in [0.4, 0.5) is 4.39 Å². The van der Waals surface area contributed by atoms with E-state index in [4.69, 9.17) is 10.00 Å². The average molecular weight is 349 g/mol. The fourth-order valence-corrected chi connectivity index (χ4v) is 2.52. The molecule has 0 aromatic heterocycles. The van der Waals surface area contributed by atoms with Gasteiger partial charge in [0.25, 0.3) is 0 Å². The zero-order chi connectivity index (χ0) is 15.2. The number of hydrogen-bond acceptors (Lipinski definition) is 3. The molecule has 0 saturated heterocycles. The van der Waals surface area contributed by atoms with Crippen LogP contribution >= 0.6 is 15.9 Å². The first kappa shape index (κ1) is 15.5. The Bertz CT molecular complexity index is 682. The molecule has 0 aliphatic carbocycles. The lowest BCUT2D eigenvalue weighted by molar-refractivity contribution is 0.299. The summed E-state index contributed by atoms with van der Waals surface area (Å²) >= 11 is 3.45. The standard InChI is InChI=1S/C16H14BrFN2O/c1-20-9-13-3-2-4-15(17)16(13)21-10-12-5-11(8-19)6-14(18)7-12/h2-7,20H,9-10H2,1H3. The van der Waals surface area contributed by atoms with Crippen LogP contribution in [-0.2, 0) is 13.2 Å². The van der Waals surface area contributed by atoms with Crippen LogP contribution in [0.5, 0.6) is 5.75 Å². The Labute approximate surface area is 131 Å². The highest BCUT2D eigenvalue weighted by Gasteiger charge is 2.09. The van der Waals surface area contributed by atoms with E-state index in [2.05, 4.69) is 21.2 Å². The monoisotopic (exact) mass is 348 g/mol. The number of nitrogens with one attached hydrogen (secondary N) is 1. The number of rotatable bonds is 5. The van der Waals surface area contributed by atoms with Gasteiger partial charge in [-0.2, -0.15) is 5.26 Å². The van der Waals surface area contributed by atoms with Crippen LogP contribution in [0.15, 0.2) is 40.9 Å². The van der Waals surface area contributed by atoms with Crippen LogP contribution in [0.25, 0.3) is 0 Å². The molecule has 2 rings (SSSR count). The van der Waals surface area contributed by atoms with E-state index in [0.29, 0.717) is 12.1 Å². The average Bonchev–Trinajstić information content (AvgIpc) is 2.46. The van der Waals surface area contributed by atoms with Gasteiger partial charge in [-0.15, -0.1) is 0 Å². The Morgan fingerprint density at radius 2 is 2.14 bits per heavy atom. The molecule has 0 bridgehead atoms. The molecule has 108 valence electrons. The fraction of sp³-hybridized carbons (Fsp3) is 0.188. The van der Waals surface area contributed by atoms with Crippen molar-refractivity contribution in [2.24, 2.45) is 0 Å².